The lowest BCUT2D eigenvalue weighted by atomic mass is 10.0. The van der Waals surface area contributed by atoms with Crippen molar-refractivity contribution in [2.24, 2.45) is 5.92 Å². The van der Waals surface area contributed by atoms with Gasteiger partial charge < -0.3 is 14.5 Å². The van der Waals surface area contributed by atoms with Gasteiger partial charge >= 0.3 is 0 Å². The predicted molar refractivity (Wildman–Crippen MR) is 131 cm³/mol. The van der Waals surface area contributed by atoms with Crippen LogP contribution in [0, 0.1) is 5.92 Å². The van der Waals surface area contributed by atoms with E-state index in [1.165, 1.54) is 10.6 Å². The maximum Gasteiger partial charge on any atom is 0.278 e. The van der Waals surface area contributed by atoms with Crippen molar-refractivity contribution < 1.29 is 14.3 Å². The van der Waals surface area contributed by atoms with Gasteiger partial charge in [0.15, 0.2) is 0 Å². The summed E-state index contributed by atoms with van der Waals surface area (Å²) in [7, 11) is 0. The molecule has 4 rings (SSSR count). The third-order valence-corrected chi connectivity index (χ3v) is 6.05. The summed E-state index contributed by atoms with van der Waals surface area (Å²) in [6.45, 7) is 11.6. The average molecular weight is 448 g/mol. The zero-order valence-corrected chi connectivity index (χ0v) is 20.0. The smallest absolute Gasteiger partial charge is 0.278 e. The van der Waals surface area contributed by atoms with Crippen LogP contribution in [0.15, 0.2) is 60.3 Å². The van der Waals surface area contributed by atoms with E-state index < -0.39 is 0 Å². The molecule has 6 nitrogen and oxygen atoms in total. The molecule has 33 heavy (non-hydrogen) atoms. The molecule has 2 aromatic rings. The highest BCUT2D eigenvalue weighted by atomic mass is 16.5. The normalized spacial score (nSPS) is 17.1. The topological polar surface area (TPSA) is 53.1 Å². The zero-order chi connectivity index (χ0) is 23.5. The number of nitrogens with zero attached hydrogens (tertiary/aromatic N) is 3. The van der Waals surface area contributed by atoms with Crippen LogP contribution in [0.25, 0.3) is 5.57 Å². The molecule has 0 radical (unpaired) electrons. The van der Waals surface area contributed by atoms with Gasteiger partial charge in [0.25, 0.3) is 11.8 Å². The highest BCUT2D eigenvalue weighted by molar-refractivity contribution is 6.35. The van der Waals surface area contributed by atoms with Crippen molar-refractivity contribution >= 4 is 23.1 Å². The fourth-order valence-electron chi connectivity index (χ4n) is 4.37. The van der Waals surface area contributed by atoms with Crippen LogP contribution in [0.3, 0.4) is 0 Å². The van der Waals surface area contributed by atoms with Gasteiger partial charge in [-0.2, -0.15) is 0 Å². The number of imide groups is 1. The van der Waals surface area contributed by atoms with Crippen LogP contribution in [0.5, 0.6) is 5.75 Å². The number of benzene rings is 2. The third-order valence-electron chi connectivity index (χ3n) is 6.05. The van der Waals surface area contributed by atoms with Crippen LogP contribution in [-0.4, -0.2) is 60.4 Å². The number of rotatable bonds is 7. The van der Waals surface area contributed by atoms with E-state index in [2.05, 4.69) is 35.8 Å². The number of ether oxygens (including phenoxy) is 1. The molecule has 0 atom stereocenters. The van der Waals surface area contributed by atoms with E-state index in [-0.39, 0.29) is 17.9 Å². The van der Waals surface area contributed by atoms with Crippen LogP contribution >= 0.6 is 0 Å². The van der Waals surface area contributed by atoms with Gasteiger partial charge in [0.1, 0.15) is 11.4 Å². The lowest BCUT2D eigenvalue weighted by Gasteiger charge is -2.37. The SMILES string of the molecule is CC(C)COc1ccc(C2=C(N3CCN(c4ccccc4)CC3)C(=O)N(C(C)C)C2=O)cc1. The second kappa shape index (κ2) is 9.69. The molecule has 174 valence electrons. The molecular formula is C27H33N3O3. The van der Waals surface area contributed by atoms with E-state index in [0.717, 1.165) is 24.4 Å². The Morgan fingerprint density at radius 3 is 1.97 bits per heavy atom. The van der Waals surface area contributed by atoms with E-state index in [1.54, 1.807) is 0 Å². The molecule has 2 heterocycles. The molecule has 0 N–H and O–H groups in total. The minimum absolute atomic E-state index is 0.196. The Labute approximate surface area is 196 Å². The van der Waals surface area contributed by atoms with E-state index >= 15 is 0 Å². The summed E-state index contributed by atoms with van der Waals surface area (Å²) < 4.78 is 5.80. The maximum atomic E-state index is 13.4. The molecule has 2 aliphatic heterocycles. The Balaban J connectivity index is 1.61. The van der Waals surface area contributed by atoms with Crippen molar-refractivity contribution in [1.82, 2.24) is 9.80 Å². The van der Waals surface area contributed by atoms with Gasteiger partial charge in [0.2, 0.25) is 0 Å². The standard InChI is InChI=1S/C27H33N3O3/c1-19(2)18-33-23-12-10-21(11-13-23)24-25(27(32)30(20(3)4)26(24)31)29-16-14-28(15-17-29)22-8-6-5-7-9-22/h5-13,19-20H,14-18H2,1-4H3. The number of para-hydroxylation sites is 1. The summed E-state index contributed by atoms with van der Waals surface area (Å²) in [5, 5.41) is 0. The van der Waals surface area contributed by atoms with Crippen LogP contribution in [-0.2, 0) is 9.59 Å². The monoisotopic (exact) mass is 447 g/mol. The van der Waals surface area contributed by atoms with Crippen LogP contribution in [0.1, 0.15) is 33.3 Å². The van der Waals surface area contributed by atoms with Crippen molar-refractivity contribution in [2.45, 2.75) is 33.7 Å². The quantitative estimate of drug-likeness (QED) is 0.600. The molecule has 6 heteroatoms. The molecule has 2 aromatic carbocycles. The van der Waals surface area contributed by atoms with Gasteiger partial charge in [0, 0.05) is 37.9 Å². The van der Waals surface area contributed by atoms with Crippen LogP contribution < -0.4 is 9.64 Å². The van der Waals surface area contributed by atoms with Gasteiger partial charge in [-0.15, -0.1) is 0 Å². The van der Waals surface area contributed by atoms with Gasteiger partial charge in [0.05, 0.1) is 12.2 Å². The Kier molecular flexibility index (Phi) is 6.72. The van der Waals surface area contributed by atoms with Crippen molar-refractivity contribution in [2.75, 3.05) is 37.7 Å². The van der Waals surface area contributed by atoms with E-state index in [1.807, 2.05) is 56.3 Å². The Hall–Kier alpha value is -3.28. The Bertz CT molecular complexity index is 1020. The van der Waals surface area contributed by atoms with Crippen molar-refractivity contribution in [3.63, 3.8) is 0 Å². The first-order valence-corrected chi connectivity index (χ1v) is 11.8. The number of carbonyl (C=O) groups is 2. The van der Waals surface area contributed by atoms with Crippen LogP contribution in [0.2, 0.25) is 0 Å². The molecule has 0 aromatic heterocycles. The number of carbonyl (C=O) groups excluding carboxylic acids is 2. The minimum Gasteiger partial charge on any atom is -0.493 e. The van der Waals surface area contributed by atoms with E-state index in [9.17, 15) is 9.59 Å². The number of amides is 2. The van der Waals surface area contributed by atoms with Crippen LogP contribution in [0.4, 0.5) is 5.69 Å². The Morgan fingerprint density at radius 2 is 1.39 bits per heavy atom. The number of hydrogen-bond donors (Lipinski definition) is 0. The summed E-state index contributed by atoms with van der Waals surface area (Å²) in [6, 6.07) is 17.6. The molecule has 0 unspecified atom stereocenters. The molecule has 1 fully saturated rings. The van der Waals surface area contributed by atoms with Gasteiger partial charge in [-0.25, -0.2) is 0 Å². The minimum atomic E-state index is -0.216. The summed E-state index contributed by atoms with van der Waals surface area (Å²) in [5.74, 6) is 0.787. The predicted octanol–water partition coefficient (Wildman–Crippen LogP) is 4.03. The Morgan fingerprint density at radius 1 is 0.788 bits per heavy atom. The molecule has 2 amide bonds. The summed E-state index contributed by atoms with van der Waals surface area (Å²) in [5.41, 5.74) is 2.96. The highest BCUT2D eigenvalue weighted by Crippen LogP contribution is 2.34. The lowest BCUT2D eigenvalue weighted by Crippen LogP contribution is -2.48. The highest BCUT2D eigenvalue weighted by Gasteiger charge is 2.43. The summed E-state index contributed by atoms with van der Waals surface area (Å²) in [4.78, 5) is 32.6. The largest absolute Gasteiger partial charge is 0.493 e. The molecule has 0 spiro atoms. The van der Waals surface area contributed by atoms with E-state index in [0.29, 0.717) is 36.9 Å². The third kappa shape index (κ3) is 4.75. The fraction of sp³-hybridized carbons (Fsp3) is 0.407. The van der Waals surface area contributed by atoms with E-state index in [4.69, 9.17) is 4.74 Å². The van der Waals surface area contributed by atoms with Crippen molar-refractivity contribution in [3.8, 4) is 5.75 Å². The summed E-state index contributed by atoms with van der Waals surface area (Å²) in [6.07, 6.45) is 0. The first-order chi connectivity index (χ1) is 15.9. The van der Waals surface area contributed by atoms with Gasteiger partial charge in [-0.3, -0.25) is 14.5 Å². The lowest BCUT2D eigenvalue weighted by molar-refractivity contribution is -0.139. The average Bonchev–Trinajstić information content (AvgIpc) is 3.08. The first-order valence-electron chi connectivity index (χ1n) is 11.8. The van der Waals surface area contributed by atoms with Crippen molar-refractivity contribution in [3.05, 3.63) is 65.9 Å². The number of hydrogen-bond acceptors (Lipinski definition) is 5. The first kappa shape index (κ1) is 22.9. The van der Waals surface area contributed by atoms with Gasteiger partial charge in [-0.05, 0) is 49.6 Å². The fourth-order valence-corrected chi connectivity index (χ4v) is 4.37. The molecule has 1 saturated heterocycles. The molecular weight excluding hydrogens is 414 g/mol. The molecule has 0 saturated carbocycles. The van der Waals surface area contributed by atoms with Crippen molar-refractivity contribution in [1.29, 1.82) is 0 Å². The number of anilines is 1. The molecule has 0 aliphatic carbocycles. The van der Waals surface area contributed by atoms with Gasteiger partial charge in [-0.1, -0.05) is 44.2 Å². The second-order valence-corrected chi connectivity index (χ2v) is 9.34. The molecule has 2 aliphatic rings. The zero-order valence-electron chi connectivity index (χ0n) is 20.0. The second-order valence-electron chi connectivity index (χ2n) is 9.34. The number of piperazine rings is 1. The molecule has 0 bridgehead atoms. The summed E-state index contributed by atoms with van der Waals surface area (Å²) >= 11 is 0. The maximum absolute atomic E-state index is 13.4.